The Morgan fingerprint density at radius 2 is 1.16 bits per heavy atom. The van der Waals surface area contributed by atoms with E-state index in [9.17, 15) is 0 Å². The lowest BCUT2D eigenvalue weighted by Crippen LogP contribution is -2.56. The Labute approximate surface area is 326 Å². The van der Waals surface area contributed by atoms with E-state index in [0.717, 1.165) is 66.5 Å². The first-order valence-corrected chi connectivity index (χ1v) is 19.6. The van der Waals surface area contributed by atoms with Crippen LogP contribution in [0.1, 0.15) is 0 Å². The van der Waals surface area contributed by atoms with Crippen LogP contribution in [-0.4, -0.2) is 11.3 Å². The van der Waals surface area contributed by atoms with E-state index >= 15 is 0 Å². The van der Waals surface area contributed by atoms with E-state index < -0.39 is 0 Å². The van der Waals surface area contributed by atoms with Gasteiger partial charge in [0.25, 0.3) is 0 Å². The van der Waals surface area contributed by atoms with Crippen LogP contribution in [-0.2, 0) is 0 Å². The monoisotopic (exact) mass is 724 g/mol. The van der Waals surface area contributed by atoms with Gasteiger partial charge in [0.2, 0.25) is 0 Å². The normalized spacial score (nSPS) is 13.2. The molecular weight excluding hydrogens is 695 g/mol. The first-order chi connectivity index (χ1) is 28.3. The van der Waals surface area contributed by atoms with Crippen LogP contribution < -0.4 is 15.8 Å². The van der Waals surface area contributed by atoms with Gasteiger partial charge in [-0.15, -0.1) is 0 Å². The highest BCUT2D eigenvalue weighted by Crippen LogP contribution is 2.52. The van der Waals surface area contributed by atoms with Crippen LogP contribution in [0, 0.1) is 0 Å². The zero-order valence-corrected chi connectivity index (χ0v) is 30.5. The summed E-state index contributed by atoms with van der Waals surface area (Å²) in [5.74, 6) is 0. The number of aromatic nitrogens is 1. The van der Waals surface area contributed by atoms with Crippen molar-refractivity contribution in [3.8, 4) is 22.3 Å². The summed E-state index contributed by atoms with van der Waals surface area (Å²) < 4.78 is 16.4. The van der Waals surface area contributed by atoms with Gasteiger partial charge in [-0.1, -0.05) is 133 Å². The van der Waals surface area contributed by atoms with E-state index in [0.29, 0.717) is 0 Å². The molecule has 0 spiro atoms. The number of nitrogens with zero attached hydrogens (tertiary/aromatic N) is 2. The van der Waals surface area contributed by atoms with Crippen LogP contribution in [0.2, 0.25) is 0 Å². The topological polar surface area (TPSA) is 34.5 Å². The Balaban J connectivity index is 1.21. The molecule has 12 aromatic rings. The fourth-order valence-electron chi connectivity index (χ4n) is 10.4. The number of anilines is 3. The molecule has 0 radical (unpaired) electrons. The van der Waals surface area contributed by atoms with Crippen LogP contribution in [0.4, 0.5) is 17.1 Å². The van der Waals surface area contributed by atoms with Crippen LogP contribution in [0.25, 0.3) is 98.7 Å². The van der Waals surface area contributed by atoms with Gasteiger partial charge in [0.15, 0.2) is 5.58 Å². The molecule has 0 aliphatic carbocycles. The van der Waals surface area contributed by atoms with Gasteiger partial charge in [0.05, 0.1) is 16.8 Å². The third-order valence-corrected chi connectivity index (χ3v) is 12.7. The molecule has 0 N–H and O–H groups in total. The van der Waals surface area contributed by atoms with Gasteiger partial charge < -0.3 is 18.2 Å². The molecule has 9 aromatic carbocycles. The molecular formula is C52H29BN2O2. The van der Waals surface area contributed by atoms with Gasteiger partial charge >= 0.3 is 6.85 Å². The van der Waals surface area contributed by atoms with Gasteiger partial charge in [0.1, 0.15) is 16.7 Å². The zero-order valence-electron chi connectivity index (χ0n) is 30.5. The fraction of sp³-hybridized carbons (Fsp3) is 0. The maximum Gasteiger partial charge on any atom is 0.333 e. The second-order valence-corrected chi connectivity index (χ2v) is 15.6. The summed E-state index contributed by atoms with van der Waals surface area (Å²) in [7, 11) is 0. The predicted octanol–water partition coefficient (Wildman–Crippen LogP) is 12.8. The molecule has 3 aromatic heterocycles. The number of furan rings is 2. The van der Waals surface area contributed by atoms with Crippen molar-refractivity contribution in [3.05, 3.63) is 176 Å². The second-order valence-electron chi connectivity index (χ2n) is 15.6. The smallest absolute Gasteiger partial charge is 0.333 e. The van der Waals surface area contributed by atoms with Crippen LogP contribution >= 0.6 is 0 Å². The molecule has 57 heavy (non-hydrogen) atoms. The van der Waals surface area contributed by atoms with Crippen LogP contribution in [0.3, 0.4) is 0 Å². The molecule has 5 heterocycles. The van der Waals surface area contributed by atoms with Crippen molar-refractivity contribution in [1.29, 1.82) is 0 Å². The fourth-order valence-corrected chi connectivity index (χ4v) is 10.4. The van der Waals surface area contributed by atoms with Crippen LogP contribution in [0.15, 0.2) is 185 Å². The predicted molar refractivity (Wildman–Crippen MR) is 237 cm³/mol. The largest absolute Gasteiger partial charge is 0.456 e. The van der Waals surface area contributed by atoms with Crippen molar-refractivity contribution in [2.24, 2.45) is 0 Å². The van der Waals surface area contributed by atoms with Gasteiger partial charge in [-0.25, -0.2) is 0 Å². The quantitative estimate of drug-likeness (QED) is 0.167. The minimum atomic E-state index is -0.116. The molecule has 14 rings (SSSR count). The maximum absolute atomic E-state index is 6.88. The molecule has 0 atom stereocenters. The second kappa shape index (κ2) is 10.6. The zero-order chi connectivity index (χ0) is 36.9. The molecule has 2 aliphatic rings. The van der Waals surface area contributed by atoms with E-state index in [-0.39, 0.29) is 6.85 Å². The highest BCUT2D eigenvalue weighted by molar-refractivity contribution is 6.90. The Morgan fingerprint density at radius 1 is 0.439 bits per heavy atom. The SMILES string of the molecule is c1ccc(-c2ccc3c(c2)N(c2cccc4c2oc2ccccc24)c2c4c(cc5oc6ccccc6c25)-c2cccc5c6cc7ccccc7cc6n(c25)B34)cc1. The van der Waals surface area contributed by atoms with E-state index in [1.54, 1.807) is 0 Å². The molecule has 0 fully saturated rings. The Kier molecular flexibility index (Phi) is 5.56. The highest BCUT2D eigenvalue weighted by Gasteiger charge is 2.45. The minimum absolute atomic E-state index is 0.116. The third-order valence-electron chi connectivity index (χ3n) is 12.7. The summed E-state index contributed by atoms with van der Waals surface area (Å²) in [6, 6.07) is 64.0. The molecule has 0 bridgehead atoms. The molecule has 4 nitrogen and oxygen atoms in total. The number of benzene rings is 9. The summed E-state index contributed by atoms with van der Waals surface area (Å²) in [6.45, 7) is -0.116. The molecule has 0 amide bonds. The van der Waals surface area contributed by atoms with Gasteiger partial charge in [-0.3, -0.25) is 0 Å². The summed E-state index contributed by atoms with van der Waals surface area (Å²) >= 11 is 0. The number of hydrogen-bond donors (Lipinski definition) is 0. The molecule has 5 heteroatoms. The summed E-state index contributed by atoms with van der Waals surface area (Å²) in [6.07, 6.45) is 0. The Bertz CT molecular complexity index is 3720. The summed E-state index contributed by atoms with van der Waals surface area (Å²) in [5, 5.41) is 9.43. The van der Waals surface area contributed by atoms with Crippen molar-refractivity contribution in [2.75, 3.05) is 4.90 Å². The van der Waals surface area contributed by atoms with Gasteiger partial charge in [-0.2, -0.15) is 0 Å². The lowest BCUT2D eigenvalue weighted by Gasteiger charge is -2.41. The Hall–Kier alpha value is -7.50. The Morgan fingerprint density at radius 3 is 2.04 bits per heavy atom. The summed E-state index contributed by atoms with van der Waals surface area (Å²) in [5.41, 5.74) is 16.5. The number of rotatable bonds is 2. The highest BCUT2D eigenvalue weighted by atomic mass is 16.3. The van der Waals surface area contributed by atoms with E-state index in [1.807, 2.05) is 0 Å². The van der Waals surface area contributed by atoms with Crippen molar-refractivity contribution >= 4 is 111 Å². The number of hydrogen-bond acceptors (Lipinski definition) is 3. The molecule has 0 unspecified atom stereocenters. The first kappa shape index (κ1) is 29.8. The van der Waals surface area contributed by atoms with E-state index in [2.05, 4.69) is 185 Å². The average Bonchev–Trinajstić information content (AvgIpc) is 3.94. The number of para-hydroxylation sites is 4. The van der Waals surface area contributed by atoms with Crippen LogP contribution in [0.5, 0.6) is 0 Å². The minimum Gasteiger partial charge on any atom is -0.456 e. The van der Waals surface area contributed by atoms with Crippen molar-refractivity contribution in [2.45, 2.75) is 0 Å². The van der Waals surface area contributed by atoms with Crippen molar-refractivity contribution in [1.82, 2.24) is 4.48 Å². The average molecular weight is 725 g/mol. The molecule has 262 valence electrons. The lowest BCUT2D eigenvalue weighted by atomic mass is 9.45. The maximum atomic E-state index is 6.88. The van der Waals surface area contributed by atoms with Gasteiger partial charge in [0, 0.05) is 49.2 Å². The van der Waals surface area contributed by atoms with E-state index in [1.165, 1.54) is 60.2 Å². The number of fused-ring (bicyclic) bond motifs is 15. The standard InChI is InChI=1S/C52H29BN2O2/c1-2-12-30(13-3-1)33-24-25-41-44(28-33)54(42-21-11-20-37-34-16-6-8-22-45(34)57-52(37)42)51-48-38-17-7-9-23-46(38)56-47(48)29-40-36-19-10-18-35-39-26-31-14-4-5-15-32(31)27-43(39)55(50(35)36)53(41)49(40)51/h1-29H. The molecule has 2 aliphatic heterocycles. The van der Waals surface area contributed by atoms with Crippen molar-refractivity contribution < 1.29 is 8.83 Å². The van der Waals surface area contributed by atoms with Gasteiger partial charge in [-0.05, 0) is 80.9 Å². The lowest BCUT2D eigenvalue weighted by molar-refractivity contribution is 0.668. The van der Waals surface area contributed by atoms with E-state index in [4.69, 9.17) is 8.83 Å². The summed E-state index contributed by atoms with van der Waals surface area (Å²) in [4.78, 5) is 2.50. The third kappa shape index (κ3) is 3.78. The first-order valence-electron chi connectivity index (χ1n) is 19.6. The molecule has 0 saturated heterocycles. The molecule has 0 saturated carbocycles. The van der Waals surface area contributed by atoms with Crippen molar-refractivity contribution in [3.63, 3.8) is 0 Å².